The molecule has 0 saturated carbocycles. The predicted molar refractivity (Wildman–Crippen MR) is 67.3 cm³/mol. The van der Waals surface area contributed by atoms with E-state index in [1.165, 1.54) is 0 Å². The van der Waals surface area contributed by atoms with E-state index in [4.69, 9.17) is 5.11 Å². The second-order valence-electron chi connectivity index (χ2n) is 4.98. The third kappa shape index (κ3) is 3.30. The van der Waals surface area contributed by atoms with Crippen molar-refractivity contribution < 1.29 is 23.1 Å². The second kappa shape index (κ2) is 5.83. The van der Waals surface area contributed by atoms with Gasteiger partial charge in [-0.2, -0.15) is 13.2 Å². The van der Waals surface area contributed by atoms with Crippen molar-refractivity contribution in [3.8, 4) is 0 Å². The maximum Gasteiger partial charge on any atom is 0.403 e. The summed E-state index contributed by atoms with van der Waals surface area (Å²) in [4.78, 5) is 10.7. The van der Waals surface area contributed by atoms with Crippen LogP contribution in [0.25, 0.3) is 0 Å². The van der Waals surface area contributed by atoms with Gasteiger partial charge >= 0.3 is 12.1 Å². The van der Waals surface area contributed by atoms with Crippen LogP contribution in [-0.4, -0.2) is 23.8 Å². The Bertz CT molecular complexity index is 488. The number of hydrogen-bond donors (Lipinski definition) is 2. The number of fused-ring (bicyclic) bond motifs is 1. The molecule has 0 saturated heterocycles. The molecular weight excluding hydrogens is 271 g/mol. The molecule has 2 rings (SSSR count). The number of aryl methyl sites for hydroxylation is 1. The molecular formula is C14H16F3NO2. The zero-order valence-corrected chi connectivity index (χ0v) is 10.8. The Hall–Kier alpha value is -1.56. The summed E-state index contributed by atoms with van der Waals surface area (Å²) in [6.07, 6.45) is -2.21. The van der Waals surface area contributed by atoms with Gasteiger partial charge in [-0.05, 0) is 30.4 Å². The predicted octanol–water partition coefficient (Wildman–Crippen LogP) is 2.92. The quantitative estimate of drug-likeness (QED) is 0.895. The van der Waals surface area contributed by atoms with Gasteiger partial charge in [-0.25, -0.2) is 0 Å². The lowest BCUT2D eigenvalue weighted by atomic mass is 9.87. The minimum atomic E-state index is -4.73. The van der Waals surface area contributed by atoms with E-state index in [-0.39, 0.29) is 6.04 Å². The van der Waals surface area contributed by atoms with Gasteiger partial charge in [0.05, 0.1) is 0 Å². The number of benzene rings is 1. The SMILES string of the molecule is O=C(O)C(CNC1CCCc2ccccc21)C(F)(F)F. The number of nitrogens with one attached hydrogen (secondary N) is 1. The zero-order chi connectivity index (χ0) is 14.8. The molecule has 0 heterocycles. The van der Waals surface area contributed by atoms with Gasteiger partial charge in [-0.1, -0.05) is 24.3 Å². The molecule has 0 aromatic heterocycles. The summed E-state index contributed by atoms with van der Waals surface area (Å²) in [6.45, 7) is -0.599. The first-order chi connectivity index (χ1) is 9.39. The molecule has 1 aromatic carbocycles. The van der Waals surface area contributed by atoms with Gasteiger partial charge < -0.3 is 10.4 Å². The Morgan fingerprint density at radius 3 is 2.75 bits per heavy atom. The van der Waals surface area contributed by atoms with E-state index < -0.39 is 24.6 Å². The number of carboxylic acids is 1. The molecule has 0 radical (unpaired) electrons. The molecule has 0 fully saturated rings. The van der Waals surface area contributed by atoms with Crippen molar-refractivity contribution in [3.63, 3.8) is 0 Å². The van der Waals surface area contributed by atoms with Crippen LogP contribution in [0.1, 0.15) is 30.0 Å². The fourth-order valence-electron chi connectivity index (χ4n) is 2.57. The van der Waals surface area contributed by atoms with Crippen LogP contribution in [-0.2, 0) is 11.2 Å². The fraction of sp³-hybridized carbons (Fsp3) is 0.500. The highest BCUT2D eigenvalue weighted by atomic mass is 19.4. The van der Waals surface area contributed by atoms with Gasteiger partial charge in [0.15, 0.2) is 5.92 Å². The van der Waals surface area contributed by atoms with Crippen molar-refractivity contribution in [2.75, 3.05) is 6.54 Å². The average molecular weight is 287 g/mol. The topological polar surface area (TPSA) is 49.3 Å². The molecule has 0 bridgehead atoms. The number of hydrogen-bond acceptors (Lipinski definition) is 2. The molecule has 0 amide bonds. The van der Waals surface area contributed by atoms with Crippen molar-refractivity contribution >= 4 is 5.97 Å². The normalized spacial score (nSPS) is 20.2. The molecule has 110 valence electrons. The first kappa shape index (κ1) is 14.8. The van der Waals surface area contributed by atoms with Crippen LogP contribution < -0.4 is 5.32 Å². The highest BCUT2D eigenvalue weighted by Gasteiger charge is 2.45. The number of alkyl halides is 3. The minimum absolute atomic E-state index is 0.204. The zero-order valence-electron chi connectivity index (χ0n) is 10.8. The van der Waals surface area contributed by atoms with E-state index >= 15 is 0 Å². The van der Waals surface area contributed by atoms with Crippen molar-refractivity contribution in [2.45, 2.75) is 31.5 Å². The smallest absolute Gasteiger partial charge is 0.403 e. The third-order valence-corrected chi connectivity index (χ3v) is 3.63. The summed E-state index contributed by atoms with van der Waals surface area (Å²) < 4.78 is 37.8. The molecule has 20 heavy (non-hydrogen) atoms. The molecule has 1 aliphatic rings. The van der Waals surface area contributed by atoms with Gasteiger partial charge in [0.1, 0.15) is 0 Å². The summed E-state index contributed by atoms with van der Waals surface area (Å²) in [6, 6.07) is 7.38. The number of carbonyl (C=O) groups is 1. The maximum absolute atomic E-state index is 12.6. The highest BCUT2D eigenvalue weighted by molar-refractivity contribution is 5.71. The highest BCUT2D eigenvalue weighted by Crippen LogP contribution is 2.31. The van der Waals surface area contributed by atoms with Crippen molar-refractivity contribution in [1.29, 1.82) is 0 Å². The number of halogens is 3. The van der Waals surface area contributed by atoms with Crippen LogP contribution in [0.4, 0.5) is 13.2 Å². The van der Waals surface area contributed by atoms with Gasteiger partial charge in [-0.3, -0.25) is 4.79 Å². The Kier molecular flexibility index (Phi) is 4.32. The van der Waals surface area contributed by atoms with Gasteiger partial charge in [0.25, 0.3) is 0 Å². The Morgan fingerprint density at radius 2 is 2.10 bits per heavy atom. The minimum Gasteiger partial charge on any atom is -0.481 e. The van der Waals surface area contributed by atoms with E-state index in [0.29, 0.717) is 0 Å². The standard InChI is InChI=1S/C14H16F3NO2/c15-14(16,17)11(13(19)20)8-18-12-7-3-5-9-4-1-2-6-10(9)12/h1-2,4,6,11-12,18H,3,5,7-8H2,(H,19,20). The second-order valence-corrected chi connectivity index (χ2v) is 4.98. The first-order valence-corrected chi connectivity index (χ1v) is 6.50. The molecule has 2 N–H and O–H groups in total. The number of aliphatic carboxylic acids is 1. The van der Waals surface area contributed by atoms with E-state index in [0.717, 1.165) is 30.4 Å². The van der Waals surface area contributed by atoms with Crippen LogP contribution in [0.2, 0.25) is 0 Å². The van der Waals surface area contributed by atoms with E-state index in [9.17, 15) is 18.0 Å². The van der Waals surface area contributed by atoms with Gasteiger partial charge in [0.2, 0.25) is 0 Å². The van der Waals surface area contributed by atoms with Gasteiger partial charge in [0, 0.05) is 12.6 Å². The van der Waals surface area contributed by atoms with E-state index in [1.54, 1.807) is 0 Å². The molecule has 0 aliphatic heterocycles. The lowest BCUT2D eigenvalue weighted by Gasteiger charge is -2.28. The molecule has 6 heteroatoms. The first-order valence-electron chi connectivity index (χ1n) is 6.50. The summed E-state index contributed by atoms with van der Waals surface area (Å²) in [7, 11) is 0. The van der Waals surface area contributed by atoms with Crippen LogP contribution in [0, 0.1) is 5.92 Å². The monoisotopic (exact) mass is 287 g/mol. The summed E-state index contributed by atoms with van der Waals surface area (Å²) in [5.74, 6) is -4.20. The van der Waals surface area contributed by atoms with Crippen molar-refractivity contribution in [1.82, 2.24) is 5.32 Å². The van der Waals surface area contributed by atoms with Crippen LogP contribution in [0.15, 0.2) is 24.3 Å². The van der Waals surface area contributed by atoms with E-state index in [2.05, 4.69) is 5.32 Å². The largest absolute Gasteiger partial charge is 0.481 e. The lowest BCUT2D eigenvalue weighted by molar-refractivity contribution is -0.192. The molecule has 2 unspecified atom stereocenters. The van der Waals surface area contributed by atoms with Crippen molar-refractivity contribution in [3.05, 3.63) is 35.4 Å². The molecule has 1 aromatic rings. The summed E-state index contributed by atoms with van der Waals surface area (Å²) in [5.41, 5.74) is 2.10. The van der Waals surface area contributed by atoms with Gasteiger partial charge in [-0.15, -0.1) is 0 Å². The maximum atomic E-state index is 12.6. The van der Waals surface area contributed by atoms with Crippen molar-refractivity contribution in [2.24, 2.45) is 5.92 Å². The Balaban J connectivity index is 2.06. The third-order valence-electron chi connectivity index (χ3n) is 3.63. The molecule has 3 nitrogen and oxygen atoms in total. The van der Waals surface area contributed by atoms with E-state index in [1.807, 2.05) is 24.3 Å². The Morgan fingerprint density at radius 1 is 1.40 bits per heavy atom. The lowest BCUT2D eigenvalue weighted by Crippen LogP contribution is -2.40. The van der Waals surface area contributed by atoms with Crippen LogP contribution in [0.3, 0.4) is 0 Å². The Labute approximate surface area is 114 Å². The average Bonchev–Trinajstić information content (AvgIpc) is 2.37. The summed E-state index contributed by atoms with van der Waals surface area (Å²) in [5, 5.41) is 11.4. The summed E-state index contributed by atoms with van der Waals surface area (Å²) >= 11 is 0. The molecule has 0 spiro atoms. The fourth-order valence-corrected chi connectivity index (χ4v) is 2.57. The number of rotatable bonds is 4. The molecule has 2 atom stereocenters. The molecule has 1 aliphatic carbocycles. The van der Waals surface area contributed by atoms with Crippen LogP contribution >= 0.6 is 0 Å². The number of carboxylic acid groups (broad SMARTS) is 1. The van der Waals surface area contributed by atoms with Crippen LogP contribution in [0.5, 0.6) is 0 Å².